The second-order valence-electron chi connectivity index (χ2n) is 3.75. The van der Waals surface area contributed by atoms with E-state index in [9.17, 15) is 0 Å². The van der Waals surface area contributed by atoms with Gasteiger partial charge < -0.3 is 15.0 Å². The molecule has 1 aliphatic rings. The molecule has 0 aromatic carbocycles. The summed E-state index contributed by atoms with van der Waals surface area (Å²) in [5.41, 5.74) is 0. The van der Waals surface area contributed by atoms with Crippen molar-refractivity contribution in [2.75, 3.05) is 57.4 Å². The van der Waals surface area contributed by atoms with Crippen LogP contribution in [0, 0.1) is 0 Å². The molecule has 1 heterocycles. The second-order valence-corrected chi connectivity index (χ2v) is 4.98. The van der Waals surface area contributed by atoms with E-state index in [-0.39, 0.29) is 0 Å². The molecule has 0 spiro atoms. The number of hydrogen-bond acceptors (Lipinski definition) is 4. The lowest BCUT2D eigenvalue weighted by atomic mass is 10.4. The Hall–Kier alpha value is 0.230. The van der Waals surface area contributed by atoms with Crippen molar-refractivity contribution in [1.29, 1.82) is 0 Å². The molecule has 0 radical (unpaired) electrons. The highest BCUT2D eigenvalue weighted by Gasteiger charge is 2.07. The quantitative estimate of drug-likeness (QED) is 0.663. The molecule has 0 unspecified atom stereocenters. The Kier molecular flexibility index (Phi) is 8.38. The van der Waals surface area contributed by atoms with Crippen LogP contribution in [0.3, 0.4) is 0 Å². The standard InChI is InChI=1S/C11H24N2OS/c1-2-14-9-5-12-4-7-13-6-3-10-15-11-8-13/h12H,2-11H2,1H3. The van der Waals surface area contributed by atoms with Gasteiger partial charge in [0.2, 0.25) is 0 Å². The average Bonchev–Trinajstić information content (AvgIpc) is 2.52. The van der Waals surface area contributed by atoms with Crippen molar-refractivity contribution in [2.45, 2.75) is 13.3 Å². The third-order valence-corrected chi connectivity index (χ3v) is 3.60. The van der Waals surface area contributed by atoms with Gasteiger partial charge in [0.1, 0.15) is 0 Å². The highest BCUT2D eigenvalue weighted by molar-refractivity contribution is 7.99. The molecule has 0 aliphatic carbocycles. The fourth-order valence-electron chi connectivity index (χ4n) is 1.67. The molecule has 3 nitrogen and oxygen atoms in total. The molecule has 15 heavy (non-hydrogen) atoms. The number of ether oxygens (including phenoxy) is 1. The molecule has 1 saturated heterocycles. The van der Waals surface area contributed by atoms with Crippen LogP contribution in [0.4, 0.5) is 0 Å². The zero-order valence-corrected chi connectivity index (χ0v) is 10.7. The van der Waals surface area contributed by atoms with Gasteiger partial charge in [-0.1, -0.05) is 0 Å². The Labute approximate surface area is 97.9 Å². The van der Waals surface area contributed by atoms with Crippen molar-refractivity contribution in [1.82, 2.24) is 10.2 Å². The first-order valence-corrected chi connectivity index (χ1v) is 7.17. The third-order valence-electron chi connectivity index (χ3n) is 2.55. The summed E-state index contributed by atoms with van der Waals surface area (Å²) in [6.45, 7) is 9.51. The number of thioether (sulfide) groups is 1. The second kappa shape index (κ2) is 9.46. The number of rotatable bonds is 7. The predicted octanol–water partition coefficient (Wildman–Crippen LogP) is 1.05. The van der Waals surface area contributed by atoms with Crippen LogP contribution in [0.5, 0.6) is 0 Å². The van der Waals surface area contributed by atoms with Gasteiger partial charge >= 0.3 is 0 Å². The number of hydrogen-bond donors (Lipinski definition) is 1. The Balaban J connectivity index is 1.89. The Bertz CT molecular complexity index is 139. The van der Waals surface area contributed by atoms with E-state index in [4.69, 9.17) is 4.74 Å². The molecule has 1 aliphatic heterocycles. The third kappa shape index (κ3) is 7.17. The fourth-order valence-corrected chi connectivity index (χ4v) is 2.60. The van der Waals surface area contributed by atoms with Gasteiger partial charge in [0.25, 0.3) is 0 Å². The highest BCUT2D eigenvalue weighted by atomic mass is 32.2. The number of nitrogens with zero attached hydrogens (tertiary/aromatic N) is 1. The summed E-state index contributed by atoms with van der Waals surface area (Å²) in [5.74, 6) is 2.65. The summed E-state index contributed by atoms with van der Waals surface area (Å²) in [5, 5.41) is 3.41. The molecule has 90 valence electrons. The van der Waals surface area contributed by atoms with Gasteiger partial charge in [-0.05, 0) is 25.6 Å². The maximum Gasteiger partial charge on any atom is 0.0590 e. The lowest BCUT2D eigenvalue weighted by molar-refractivity contribution is 0.148. The van der Waals surface area contributed by atoms with Gasteiger partial charge in [0, 0.05) is 38.5 Å². The Morgan fingerprint density at radius 2 is 2.20 bits per heavy atom. The summed E-state index contributed by atoms with van der Waals surface area (Å²) >= 11 is 2.09. The molecular formula is C11H24N2OS. The SMILES string of the molecule is CCOCCNCCN1CCCSCC1. The average molecular weight is 232 g/mol. The van der Waals surface area contributed by atoms with Crippen molar-refractivity contribution in [3.05, 3.63) is 0 Å². The van der Waals surface area contributed by atoms with E-state index in [1.165, 1.54) is 37.6 Å². The van der Waals surface area contributed by atoms with Gasteiger partial charge in [-0.2, -0.15) is 11.8 Å². The van der Waals surface area contributed by atoms with Gasteiger partial charge in [0.15, 0.2) is 0 Å². The van der Waals surface area contributed by atoms with E-state index < -0.39 is 0 Å². The van der Waals surface area contributed by atoms with Crippen molar-refractivity contribution in [3.8, 4) is 0 Å². The maximum absolute atomic E-state index is 5.27. The first-order chi connectivity index (χ1) is 7.43. The van der Waals surface area contributed by atoms with Crippen LogP contribution in [-0.4, -0.2) is 62.3 Å². The van der Waals surface area contributed by atoms with E-state index in [0.717, 1.165) is 26.3 Å². The molecule has 0 bridgehead atoms. The Morgan fingerprint density at radius 1 is 1.27 bits per heavy atom. The first kappa shape index (κ1) is 13.3. The summed E-state index contributed by atoms with van der Waals surface area (Å²) in [7, 11) is 0. The van der Waals surface area contributed by atoms with E-state index in [1.807, 2.05) is 6.92 Å². The van der Waals surface area contributed by atoms with Crippen molar-refractivity contribution in [3.63, 3.8) is 0 Å². The zero-order valence-electron chi connectivity index (χ0n) is 9.83. The van der Waals surface area contributed by atoms with Crippen LogP contribution in [0.15, 0.2) is 0 Å². The fraction of sp³-hybridized carbons (Fsp3) is 1.00. The first-order valence-electron chi connectivity index (χ1n) is 6.02. The molecular weight excluding hydrogens is 208 g/mol. The van der Waals surface area contributed by atoms with Crippen molar-refractivity contribution >= 4 is 11.8 Å². The van der Waals surface area contributed by atoms with E-state index >= 15 is 0 Å². The van der Waals surface area contributed by atoms with Crippen LogP contribution < -0.4 is 5.32 Å². The summed E-state index contributed by atoms with van der Waals surface area (Å²) in [4.78, 5) is 2.56. The maximum atomic E-state index is 5.27. The molecule has 0 aromatic heterocycles. The minimum atomic E-state index is 0.824. The summed E-state index contributed by atoms with van der Waals surface area (Å²) in [6, 6.07) is 0. The van der Waals surface area contributed by atoms with Crippen molar-refractivity contribution < 1.29 is 4.74 Å². The van der Waals surface area contributed by atoms with Crippen LogP contribution in [0.2, 0.25) is 0 Å². The minimum Gasteiger partial charge on any atom is -0.380 e. The van der Waals surface area contributed by atoms with Crippen LogP contribution in [0.1, 0.15) is 13.3 Å². The zero-order chi connectivity index (χ0) is 10.8. The molecule has 0 atom stereocenters. The molecule has 4 heteroatoms. The smallest absolute Gasteiger partial charge is 0.0590 e. The van der Waals surface area contributed by atoms with E-state index in [0.29, 0.717) is 0 Å². The predicted molar refractivity (Wildman–Crippen MR) is 67.7 cm³/mol. The van der Waals surface area contributed by atoms with Gasteiger partial charge in [-0.3, -0.25) is 0 Å². The molecule has 1 N–H and O–H groups in total. The largest absolute Gasteiger partial charge is 0.380 e. The summed E-state index contributed by atoms with van der Waals surface area (Å²) in [6.07, 6.45) is 1.35. The van der Waals surface area contributed by atoms with Crippen molar-refractivity contribution in [2.24, 2.45) is 0 Å². The van der Waals surface area contributed by atoms with Crippen LogP contribution in [-0.2, 0) is 4.74 Å². The Morgan fingerprint density at radius 3 is 3.07 bits per heavy atom. The molecule has 1 rings (SSSR count). The lowest BCUT2D eigenvalue weighted by Crippen LogP contribution is -2.34. The van der Waals surface area contributed by atoms with Gasteiger partial charge in [-0.25, -0.2) is 0 Å². The molecule has 0 aromatic rings. The van der Waals surface area contributed by atoms with Crippen LogP contribution >= 0.6 is 11.8 Å². The topological polar surface area (TPSA) is 24.5 Å². The monoisotopic (exact) mass is 232 g/mol. The summed E-state index contributed by atoms with van der Waals surface area (Å²) < 4.78 is 5.27. The van der Waals surface area contributed by atoms with E-state index in [2.05, 4.69) is 22.0 Å². The molecule has 0 saturated carbocycles. The van der Waals surface area contributed by atoms with Gasteiger partial charge in [0.05, 0.1) is 6.61 Å². The minimum absolute atomic E-state index is 0.824. The molecule has 0 amide bonds. The van der Waals surface area contributed by atoms with Gasteiger partial charge in [-0.15, -0.1) is 0 Å². The highest BCUT2D eigenvalue weighted by Crippen LogP contribution is 2.08. The van der Waals surface area contributed by atoms with E-state index in [1.54, 1.807) is 0 Å². The molecule has 1 fully saturated rings. The van der Waals surface area contributed by atoms with Crippen LogP contribution in [0.25, 0.3) is 0 Å². The number of nitrogens with one attached hydrogen (secondary N) is 1. The normalized spacial score (nSPS) is 19.0. The lowest BCUT2D eigenvalue weighted by Gasteiger charge is -2.19.